The van der Waals surface area contributed by atoms with Gasteiger partial charge in [-0.25, -0.2) is 23.1 Å². The van der Waals surface area contributed by atoms with E-state index >= 15 is 0 Å². The minimum Gasteiger partial charge on any atom is -1.00 e. The zero-order valence-corrected chi connectivity index (χ0v) is 21.8. The van der Waals surface area contributed by atoms with Crippen molar-refractivity contribution in [2.45, 2.75) is 29.9 Å². The number of hydrogen-bond donors (Lipinski definition) is 3. The molecule has 0 radical (unpaired) electrons. The summed E-state index contributed by atoms with van der Waals surface area (Å²) in [5.74, 6) is -2.87. The van der Waals surface area contributed by atoms with Crippen LogP contribution in [0.2, 0.25) is 0 Å². The molecule has 34 heavy (non-hydrogen) atoms. The molecular formula is C18H21N4NaO9S2. The van der Waals surface area contributed by atoms with Crippen molar-refractivity contribution < 1.29 is 71.5 Å². The van der Waals surface area contributed by atoms with E-state index in [0.717, 1.165) is 11.2 Å². The number of carbonyl (C=O) groups excluding carboxylic acids is 2. The Labute approximate surface area is 218 Å². The molecular weight excluding hydrogens is 503 g/mol. The van der Waals surface area contributed by atoms with Crippen LogP contribution in [0.5, 0.6) is 0 Å². The number of carbonyl (C=O) groups is 3. The first-order chi connectivity index (χ1) is 15.3. The normalized spacial score (nSPS) is 23.6. The Hall–Kier alpha value is -2.17. The van der Waals surface area contributed by atoms with Gasteiger partial charge in [0.15, 0.2) is 11.5 Å². The third-order valence-electron chi connectivity index (χ3n) is 5.73. The number of urea groups is 1. The smallest absolute Gasteiger partial charge is 1.00 e. The van der Waals surface area contributed by atoms with E-state index in [-0.39, 0.29) is 61.1 Å². The fraction of sp³-hybridized carbons (Fsp3) is 0.389. The molecule has 3 aliphatic rings. The zero-order chi connectivity index (χ0) is 24.3. The average molecular weight is 525 g/mol. The number of hydrogen-bond acceptors (Lipinski definition) is 8. The Balaban J connectivity index is 0.00000216. The number of β-lactam (4-membered cyclic amide) rings is 1. The van der Waals surface area contributed by atoms with Gasteiger partial charge in [-0.3, -0.25) is 9.69 Å². The van der Waals surface area contributed by atoms with Gasteiger partial charge in [-0.05, 0) is 17.7 Å². The molecule has 0 unspecified atom stereocenters. The van der Waals surface area contributed by atoms with Gasteiger partial charge in [0, 0.05) is 25.4 Å². The number of nitrogens with zero attached hydrogens (tertiary/aromatic N) is 2. The zero-order valence-electron chi connectivity index (χ0n) is 19.2. The Morgan fingerprint density at radius 2 is 1.85 bits per heavy atom. The van der Waals surface area contributed by atoms with E-state index in [1.807, 2.05) is 0 Å². The van der Waals surface area contributed by atoms with E-state index in [1.54, 1.807) is 0 Å². The SMILES string of the molecule is CS(=O)(=O)OC1=C(C(=O)O)N2C(=O)[C@@H]3[C@H]2[C@H](C1)CN3C(=O)NCc1ccc(S(N)(=O)=O)cc1.[H-].[Na+]. The van der Waals surface area contributed by atoms with Crippen molar-refractivity contribution in [1.82, 2.24) is 15.1 Å². The molecule has 0 aliphatic carbocycles. The molecule has 2 fully saturated rings. The molecule has 3 heterocycles. The summed E-state index contributed by atoms with van der Waals surface area (Å²) in [5.41, 5.74) is 0.0627. The molecule has 1 aromatic carbocycles. The maximum Gasteiger partial charge on any atom is 1.00 e. The second-order valence-corrected chi connectivity index (χ2v) is 11.1. The number of amides is 3. The van der Waals surface area contributed by atoms with Gasteiger partial charge in [0.2, 0.25) is 10.0 Å². The number of nitrogens with one attached hydrogen (secondary N) is 1. The van der Waals surface area contributed by atoms with Crippen molar-refractivity contribution in [1.29, 1.82) is 0 Å². The second-order valence-electron chi connectivity index (χ2n) is 7.97. The van der Waals surface area contributed by atoms with Gasteiger partial charge < -0.3 is 20.9 Å². The van der Waals surface area contributed by atoms with E-state index in [2.05, 4.69) is 5.32 Å². The maximum absolute atomic E-state index is 12.8. The fourth-order valence-corrected chi connectivity index (χ4v) is 5.46. The predicted molar refractivity (Wildman–Crippen MR) is 111 cm³/mol. The number of rotatable bonds is 6. The molecule has 1 aromatic rings. The molecule has 0 spiro atoms. The van der Waals surface area contributed by atoms with Gasteiger partial charge in [-0.2, -0.15) is 8.42 Å². The summed E-state index contributed by atoms with van der Waals surface area (Å²) in [7, 11) is -7.86. The molecule has 180 valence electrons. The number of carboxylic acid groups (broad SMARTS) is 1. The number of sulfonamides is 1. The van der Waals surface area contributed by atoms with Crippen LogP contribution in [0.15, 0.2) is 40.6 Å². The van der Waals surface area contributed by atoms with Crippen LogP contribution >= 0.6 is 0 Å². The monoisotopic (exact) mass is 524 g/mol. The van der Waals surface area contributed by atoms with Crippen molar-refractivity contribution in [3.63, 3.8) is 0 Å². The maximum atomic E-state index is 12.8. The number of allylic oxidation sites excluding steroid dienone is 1. The summed E-state index contributed by atoms with van der Waals surface area (Å²) in [6.07, 6.45) is 0.717. The molecule has 3 aliphatic heterocycles. The van der Waals surface area contributed by atoms with Crippen LogP contribution in [-0.4, -0.2) is 74.5 Å². The molecule has 0 bridgehead atoms. The van der Waals surface area contributed by atoms with E-state index < -0.39 is 61.7 Å². The molecule has 13 nitrogen and oxygen atoms in total. The van der Waals surface area contributed by atoms with Gasteiger partial charge in [0.05, 0.1) is 17.2 Å². The van der Waals surface area contributed by atoms with Crippen LogP contribution in [-0.2, 0) is 40.5 Å². The summed E-state index contributed by atoms with van der Waals surface area (Å²) in [4.78, 5) is 39.4. The fourth-order valence-electron chi connectivity index (χ4n) is 4.43. The summed E-state index contributed by atoms with van der Waals surface area (Å²) in [5, 5.41) is 17.2. The Morgan fingerprint density at radius 3 is 2.38 bits per heavy atom. The number of nitrogens with two attached hydrogens (primary N) is 1. The van der Waals surface area contributed by atoms with Gasteiger partial charge in [0.25, 0.3) is 5.91 Å². The summed E-state index contributed by atoms with van der Waals surface area (Å²) in [6.45, 7) is 0.137. The Morgan fingerprint density at radius 1 is 1.24 bits per heavy atom. The summed E-state index contributed by atoms with van der Waals surface area (Å²) < 4.78 is 50.6. The van der Waals surface area contributed by atoms with Crippen molar-refractivity contribution in [3.8, 4) is 0 Å². The van der Waals surface area contributed by atoms with Crippen LogP contribution in [0.25, 0.3) is 0 Å². The standard InChI is InChI=1S/C18H20N4O9S2.Na.H/c1-32(27,28)31-12-6-10-8-21(15-13(10)22(16(15)23)14(12)17(24)25)18(26)20-7-9-2-4-11(5-3-9)33(19,29)30;;/h2-5,10,13,15H,6-8H2,1H3,(H,20,26)(H,24,25)(H2,19,29,30);;/q;+1;-1/t10-,13-,15+;;/m1../s1. The molecule has 16 heteroatoms. The van der Waals surface area contributed by atoms with Gasteiger partial charge in [-0.1, -0.05) is 12.1 Å². The van der Waals surface area contributed by atoms with Crippen LogP contribution < -0.4 is 40.0 Å². The number of carboxylic acids is 1. The molecule has 4 N–H and O–H groups in total. The quantitative estimate of drug-likeness (QED) is 0.188. The Kier molecular flexibility index (Phi) is 7.09. The first kappa shape index (κ1) is 26.4. The van der Waals surface area contributed by atoms with Gasteiger partial charge in [-0.15, -0.1) is 0 Å². The average Bonchev–Trinajstić information content (AvgIpc) is 3.06. The van der Waals surface area contributed by atoms with Crippen molar-refractivity contribution >= 4 is 38.0 Å². The third kappa shape index (κ3) is 4.81. The predicted octanol–water partition coefficient (Wildman–Crippen LogP) is -4.15. The van der Waals surface area contributed by atoms with E-state index in [4.69, 9.17) is 9.32 Å². The third-order valence-corrected chi connectivity index (χ3v) is 7.16. The first-order valence-electron chi connectivity index (χ1n) is 9.63. The molecule has 0 aromatic heterocycles. The first-order valence-corrected chi connectivity index (χ1v) is 13.0. The Bertz CT molecular complexity index is 1300. The van der Waals surface area contributed by atoms with Crippen LogP contribution in [0.4, 0.5) is 4.79 Å². The van der Waals surface area contributed by atoms with Crippen LogP contribution in [0.3, 0.4) is 0 Å². The minimum absolute atomic E-state index is 0. The van der Waals surface area contributed by atoms with Crippen LogP contribution in [0.1, 0.15) is 13.4 Å². The molecule has 3 amide bonds. The molecule has 0 saturated carbocycles. The van der Waals surface area contributed by atoms with E-state index in [0.29, 0.717) is 5.56 Å². The summed E-state index contributed by atoms with van der Waals surface area (Å²) >= 11 is 0. The second kappa shape index (κ2) is 9.13. The minimum atomic E-state index is -4.02. The van der Waals surface area contributed by atoms with Crippen molar-refractivity contribution in [2.75, 3.05) is 12.8 Å². The van der Waals surface area contributed by atoms with Crippen molar-refractivity contribution in [2.24, 2.45) is 11.1 Å². The van der Waals surface area contributed by atoms with E-state index in [1.165, 1.54) is 29.2 Å². The number of primary sulfonamides is 1. The van der Waals surface area contributed by atoms with E-state index in [9.17, 15) is 36.3 Å². The molecule has 4 rings (SSSR count). The summed E-state index contributed by atoms with van der Waals surface area (Å²) in [6, 6.07) is 3.55. The van der Waals surface area contributed by atoms with Gasteiger partial charge >= 0.3 is 51.7 Å². The largest absolute Gasteiger partial charge is 1.00 e. The van der Waals surface area contributed by atoms with Crippen molar-refractivity contribution in [3.05, 3.63) is 41.3 Å². The molecule has 2 saturated heterocycles. The molecule has 3 atom stereocenters. The van der Waals surface area contributed by atoms with Crippen LogP contribution in [0, 0.1) is 5.92 Å². The van der Waals surface area contributed by atoms with Gasteiger partial charge in [0.1, 0.15) is 6.04 Å². The topological polar surface area (TPSA) is 193 Å². The number of aliphatic carboxylic acids is 1. The number of benzene rings is 1. The number of likely N-dealkylation sites (tertiary alicyclic amines) is 1.